The summed E-state index contributed by atoms with van der Waals surface area (Å²) in [5, 5.41) is 9.69. The van der Waals surface area contributed by atoms with Crippen LogP contribution in [0.15, 0.2) is 11.6 Å². The van der Waals surface area contributed by atoms with Crippen LogP contribution in [0.3, 0.4) is 0 Å². The highest BCUT2D eigenvalue weighted by molar-refractivity contribution is 5.79. The Labute approximate surface area is 286 Å². The van der Waals surface area contributed by atoms with E-state index in [1.165, 1.54) is 19.4 Å². The summed E-state index contributed by atoms with van der Waals surface area (Å²) in [5.74, 6) is 0.0223. The fourth-order valence-electron chi connectivity index (χ4n) is 11.9. The number of carbonyl (C=O) groups excluding carboxylic acids is 3. The van der Waals surface area contributed by atoms with Gasteiger partial charge < -0.3 is 19.0 Å². The summed E-state index contributed by atoms with van der Waals surface area (Å²) in [4.78, 5) is 53.3. The van der Waals surface area contributed by atoms with Gasteiger partial charge in [0, 0.05) is 19.3 Å². The average molecular weight is 674 g/mol. The van der Waals surface area contributed by atoms with Gasteiger partial charge in [-0.25, -0.2) is 0 Å². The third kappa shape index (κ3) is 6.05. The molecule has 0 radical (unpaired) electrons. The van der Waals surface area contributed by atoms with Crippen molar-refractivity contribution in [1.29, 1.82) is 0 Å². The minimum absolute atomic E-state index is 0.00455. The van der Waals surface area contributed by atoms with E-state index >= 15 is 0 Å². The van der Waals surface area contributed by atoms with Crippen molar-refractivity contribution in [3.8, 4) is 0 Å². The lowest BCUT2D eigenvalue weighted by Gasteiger charge is -2.71. The van der Waals surface area contributed by atoms with Crippen molar-refractivity contribution < 1.29 is 38.5 Å². The highest BCUT2D eigenvalue weighted by Gasteiger charge is 2.70. The zero-order valence-electron chi connectivity index (χ0n) is 30.6. The van der Waals surface area contributed by atoms with Gasteiger partial charge in [0.25, 0.3) is 5.09 Å². The molecule has 0 aromatic rings. The molecular weight excluding hydrogens is 614 g/mol. The van der Waals surface area contributed by atoms with Gasteiger partial charge in [-0.05, 0) is 116 Å². The maximum atomic E-state index is 14.1. The Morgan fingerprint density at radius 1 is 0.854 bits per heavy atom. The van der Waals surface area contributed by atoms with E-state index in [4.69, 9.17) is 14.2 Å². The van der Waals surface area contributed by atoms with E-state index in [-0.39, 0.29) is 77.3 Å². The van der Waals surface area contributed by atoms with E-state index in [0.29, 0.717) is 18.8 Å². The van der Waals surface area contributed by atoms with Gasteiger partial charge in [0.1, 0.15) is 12.7 Å². The average Bonchev–Trinajstić information content (AvgIpc) is 2.99. The molecule has 48 heavy (non-hydrogen) atoms. The fourth-order valence-corrected chi connectivity index (χ4v) is 11.9. The largest absolute Gasteiger partial charge is 0.465 e. The molecule has 0 aromatic carbocycles. The molecule has 5 aliphatic carbocycles. The molecule has 0 heterocycles. The fraction of sp³-hybridized carbons (Fsp3) is 0.868. The number of ether oxygens (including phenoxy) is 3. The molecule has 0 N–H and O–H groups in total. The summed E-state index contributed by atoms with van der Waals surface area (Å²) < 4.78 is 17.6. The Kier molecular flexibility index (Phi) is 9.85. The molecule has 0 aliphatic heterocycles. The normalized spacial score (nSPS) is 41.2. The first-order valence-corrected chi connectivity index (χ1v) is 18.3. The van der Waals surface area contributed by atoms with Crippen LogP contribution < -0.4 is 0 Å². The minimum atomic E-state index is -0.788. The van der Waals surface area contributed by atoms with Crippen LogP contribution in [0.1, 0.15) is 132 Å². The molecule has 10 heteroatoms. The van der Waals surface area contributed by atoms with E-state index in [0.717, 1.165) is 64.2 Å². The molecule has 0 spiro atoms. The van der Waals surface area contributed by atoms with Crippen LogP contribution in [0.25, 0.3) is 0 Å². The van der Waals surface area contributed by atoms with Crippen molar-refractivity contribution in [2.75, 3.05) is 19.8 Å². The van der Waals surface area contributed by atoms with Crippen LogP contribution in [0.2, 0.25) is 0 Å². The van der Waals surface area contributed by atoms with Gasteiger partial charge in [0.15, 0.2) is 0 Å². The number of unbranched alkanes of at least 4 members (excludes halogenated alkanes) is 1. The molecule has 0 saturated heterocycles. The number of fused-ring (bicyclic) bond motifs is 7. The Hall–Kier alpha value is -2.65. The first kappa shape index (κ1) is 36.6. The van der Waals surface area contributed by atoms with Crippen molar-refractivity contribution >= 4 is 17.9 Å². The predicted molar refractivity (Wildman–Crippen MR) is 179 cm³/mol. The van der Waals surface area contributed by atoms with Crippen LogP contribution in [0, 0.1) is 60.4 Å². The van der Waals surface area contributed by atoms with E-state index in [9.17, 15) is 24.5 Å². The monoisotopic (exact) mass is 673 g/mol. The second kappa shape index (κ2) is 12.9. The van der Waals surface area contributed by atoms with Gasteiger partial charge in [-0.15, -0.1) is 10.1 Å². The third-order valence-corrected chi connectivity index (χ3v) is 14.6. The van der Waals surface area contributed by atoms with E-state index in [2.05, 4.69) is 52.5 Å². The van der Waals surface area contributed by atoms with Gasteiger partial charge in [0.05, 0.1) is 18.6 Å². The molecule has 10 nitrogen and oxygen atoms in total. The van der Waals surface area contributed by atoms with Gasteiger partial charge in [-0.3, -0.25) is 14.4 Å². The number of hydrogen-bond donors (Lipinski definition) is 0. The standard InChI is InChI=1S/C38H59NO9/c1-25(40)46-24-35(6)29-13-16-37(8)30(34(29,5)15-14-31(35)48-26(2)41)12-11-27-28-23-33(3,4)17-19-38(28,20-18-36(27,37)7)32(42)45-21-9-10-22-47-39(43)44/h11,28-31H,9-10,12-24H2,1-8H3/t28-,29+,30+,31-,34-,35-,36+,37+,38-/m0/s1. The summed E-state index contributed by atoms with van der Waals surface area (Å²) in [6, 6.07) is 0. The van der Waals surface area contributed by atoms with Crippen LogP contribution in [0.5, 0.6) is 0 Å². The molecule has 4 fully saturated rings. The lowest BCUT2D eigenvalue weighted by atomic mass is 9.33. The second-order valence-corrected chi connectivity index (χ2v) is 17.7. The molecule has 0 amide bonds. The maximum Gasteiger partial charge on any atom is 0.312 e. The second-order valence-electron chi connectivity index (χ2n) is 17.7. The quantitative estimate of drug-likeness (QED) is 0.0569. The van der Waals surface area contributed by atoms with E-state index in [1.807, 2.05) is 0 Å². The molecule has 5 aliphatic rings. The summed E-state index contributed by atoms with van der Waals surface area (Å²) in [6.45, 7) is 17.7. The number of allylic oxidation sites excluding steroid dienone is 2. The third-order valence-electron chi connectivity index (χ3n) is 14.6. The number of rotatable bonds is 10. The zero-order valence-corrected chi connectivity index (χ0v) is 30.6. The van der Waals surface area contributed by atoms with Gasteiger partial charge >= 0.3 is 17.9 Å². The first-order chi connectivity index (χ1) is 22.3. The summed E-state index contributed by atoms with van der Waals surface area (Å²) in [5.41, 5.74) is 0.426. The van der Waals surface area contributed by atoms with Crippen molar-refractivity contribution in [3.05, 3.63) is 21.8 Å². The highest BCUT2D eigenvalue weighted by Crippen LogP contribution is 2.76. The molecular formula is C38H59NO9. The number of nitrogens with zero attached hydrogens (tertiary/aromatic N) is 1. The Balaban J connectivity index is 1.45. The lowest BCUT2D eigenvalue weighted by Crippen LogP contribution is -2.66. The molecule has 0 aromatic heterocycles. The van der Waals surface area contributed by atoms with E-state index in [1.54, 1.807) is 0 Å². The highest BCUT2D eigenvalue weighted by atomic mass is 16.9. The van der Waals surface area contributed by atoms with Crippen molar-refractivity contribution in [2.45, 2.75) is 139 Å². The Morgan fingerprint density at radius 3 is 2.21 bits per heavy atom. The van der Waals surface area contributed by atoms with Crippen molar-refractivity contribution in [2.24, 2.45) is 50.2 Å². The SMILES string of the molecule is CC(=O)OC[C@@]1(C)[C@@H]2CC[C@]3(C)[C@H](CC=C4[C@@H]5CC(C)(C)CC[C@]5(C(=O)OCCCCO[N+](=O)[O-])CC[C@]43C)[C@@]2(C)CC[C@@H]1OC(C)=O. The Morgan fingerprint density at radius 2 is 1.54 bits per heavy atom. The Bertz CT molecular complexity index is 1330. The maximum absolute atomic E-state index is 14.1. The lowest BCUT2D eigenvalue weighted by molar-refractivity contribution is -0.757. The number of esters is 3. The van der Waals surface area contributed by atoms with Crippen molar-refractivity contribution in [3.63, 3.8) is 0 Å². The molecule has 0 unspecified atom stereocenters. The van der Waals surface area contributed by atoms with Crippen LogP contribution in [-0.4, -0.2) is 48.9 Å². The summed E-state index contributed by atoms with van der Waals surface area (Å²) >= 11 is 0. The summed E-state index contributed by atoms with van der Waals surface area (Å²) in [6.07, 6.45) is 12.3. The van der Waals surface area contributed by atoms with Crippen LogP contribution in [-0.2, 0) is 33.4 Å². The number of carbonyl (C=O) groups is 3. The van der Waals surface area contributed by atoms with Crippen molar-refractivity contribution in [1.82, 2.24) is 0 Å². The number of hydrogen-bond acceptors (Lipinski definition) is 9. The van der Waals surface area contributed by atoms with Gasteiger partial charge in [-0.2, -0.15) is 0 Å². The molecule has 0 bridgehead atoms. The first-order valence-electron chi connectivity index (χ1n) is 18.3. The molecule has 4 saturated carbocycles. The molecule has 270 valence electrons. The topological polar surface area (TPSA) is 131 Å². The predicted octanol–water partition coefficient (Wildman–Crippen LogP) is 7.79. The smallest absolute Gasteiger partial charge is 0.312 e. The summed E-state index contributed by atoms with van der Waals surface area (Å²) in [7, 11) is 0. The minimum Gasteiger partial charge on any atom is -0.465 e. The van der Waals surface area contributed by atoms with Gasteiger partial charge in [0.2, 0.25) is 0 Å². The van der Waals surface area contributed by atoms with E-state index < -0.39 is 15.9 Å². The zero-order chi connectivity index (χ0) is 35.3. The molecule has 9 atom stereocenters. The van der Waals surface area contributed by atoms with Crippen LogP contribution >= 0.6 is 0 Å². The van der Waals surface area contributed by atoms with Gasteiger partial charge in [-0.1, -0.05) is 53.2 Å². The van der Waals surface area contributed by atoms with Crippen LogP contribution in [0.4, 0.5) is 0 Å². The molecule has 5 rings (SSSR count).